The molecule has 6 heteroatoms. The molecule has 25 heavy (non-hydrogen) atoms. The van der Waals surface area contributed by atoms with Crippen molar-refractivity contribution in [3.63, 3.8) is 0 Å². The highest BCUT2D eigenvalue weighted by atomic mass is 32.2. The third-order valence-electron chi connectivity index (χ3n) is 5.39. The Bertz CT molecular complexity index is 637. The quantitative estimate of drug-likeness (QED) is 0.816. The topological polar surface area (TPSA) is 49.9 Å². The Morgan fingerprint density at radius 2 is 1.48 bits per heavy atom. The molecule has 0 amide bonds. The van der Waals surface area contributed by atoms with Crippen LogP contribution in [0.5, 0.6) is 5.75 Å². The first-order valence-electron chi connectivity index (χ1n) is 9.54. The second-order valence-electron chi connectivity index (χ2n) is 7.07. The van der Waals surface area contributed by atoms with E-state index >= 15 is 0 Å². The zero-order valence-corrected chi connectivity index (χ0v) is 16.0. The minimum absolute atomic E-state index is 0.0679. The zero-order valence-electron chi connectivity index (χ0n) is 15.2. The van der Waals surface area contributed by atoms with Gasteiger partial charge in [-0.05, 0) is 43.4 Å². The molecule has 0 aromatic heterocycles. The monoisotopic (exact) mass is 366 g/mol. The summed E-state index contributed by atoms with van der Waals surface area (Å²) in [6.07, 6.45) is 8.21. The number of methoxy groups -OCH3 is 1. The third kappa shape index (κ3) is 4.36. The van der Waals surface area contributed by atoms with E-state index in [2.05, 4.69) is 0 Å². The lowest BCUT2D eigenvalue weighted by molar-refractivity contribution is 0.289. The molecule has 0 bridgehead atoms. The molecule has 1 atom stereocenters. The van der Waals surface area contributed by atoms with Crippen molar-refractivity contribution in [1.82, 2.24) is 8.61 Å². The maximum atomic E-state index is 13.4. The van der Waals surface area contributed by atoms with Gasteiger partial charge in [-0.1, -0.05) is 37.8 Å². The van der Waals surface area contributed by atoms with Gasteiger partial charge in [-0.2, -0.15) is 17.0 Å². The first kappa shape index (κ1) is 18.7. The summed E-state index contributed by atoms with van der Waals surface area (Å²) >= 11 is 0. The lowest BCUT2D eigenvalue weighted by atomic mass is 10.0. The van der Waals surface area contributed by atoms with Gasteiger partial charge in [0.1, 0.15) is 5.75 Å². The van der Waals surface area contributed by atoms with E-state index in [1.54, 1.807) is 15.7 Å². The fourth-order valence-electron chi connectivity index (χ4n) is 3.94. The average molecular weight is 367 g/mol. The van der Waals surface area contributed by atoms with Crippen molar-refractivity contribution in [2.75, 3.05) is 26.7 Å². The van der Waals surface area contributed by atoms with Gasteiger partial charge in [0.2, 0.25) is 0 Å². The minimum atomic E-state index is -3.41. The number of benzene rings is 1. The first-order chi connectivity index (χ1) is 12.1. The summed E-state index contributed by atoms with van der Waals surface area (Å²) in [5, 5.41) is 0. The second-order valence-corrected chi connectivity index (χ2v) is 8.95. The van der Waals surface area contributed by atoms with Crippen molar-refractivity contribution in [2.24, 2.45) is 0 Å². The Labute approximate surface area is 152 Å². The van der Waals surface area contributed by atoms with Crippen molar-refractivity contribution >= 4 is 10.2 Å². The van der Waals surface area contributed by atoms with Gasteiger partial charge in [-0.15, -0.1) is 0 Å². The lowest BCUT2D eigenvalue weighted by Crippen LogP contribution is -2.45. The van der Waals surface area contributed by atoms with Gasteiger partial charge in [0.05, 0.1) is 13.2 Å². The fraction of sp³-hybridized carbons (Fsp3) is 0.684. The number of ether oxygens (including phenoxy) is 1. The molecule has 0 unspecified atom stereocenters. The Kier molecular flexibility index (Phi) is 6.36. The predicted octanol–water partition coefficient (Wildman–Crippen LogP) is 3.73. The van der Waals surface area contributed by atoms with Crippen LogP contribution in [0.25, 0.3) is 0 Å². The summed E-state index contributed by atoms with van der Waals surface area (Å²) in [6, 6.07) is 7.81. The molecule has 2 aliphatic heterocycles. The molecule has 0 spiro atoms. The van der Waals surface area contributed by atoms with Gasteiger partial charge < -0.3 is 4.74 Å². The summed E-state index contributed by atoms with van der Waals surface area (Å²) in [5.41, 5.74) is 1.07. The SMILES string of the molecule is COc1ccc([C@@H]2CCCCCN2S(=O)(=O)N2CCCCCC2)cc1. The Hall–Kier alpha value is -1.11. The number of hydrogen-bond donors (Lipinski definition) is 0. The van der Waals surface area contributed by atoms with Crippen molar-refractivity contribution in [2.45, 2.75) is 57.4 Å². The average Bonchev–Trinajstić information content (AvgIpc) is 3.05. The normalized spacial score (nSPS) is 24.4. The highest BCUT2D eigenvalue weighted by molar-refractivity contribution is 7.86. The number of hydrogen-bond acceptors (Lipinski definition) is 3. The van der Waals surface area contributed by atoms with E-state index in [0.29, 0.717) is 19.6 Å². The lowest BCUT2D eigenvalue weighted by Gasteiger charge is -2.34. The molecule has 3 rings (SSSR count). The molecule has 2 fully saturated rings. The zero-order chi connectivity index (χ0) is 17.7. The fourth-order valence-corrected chi connectivity index (χ4v) is 5.86. The van der Waals surface area contributed by atoms with Crippen LogP contribution in [0.1, 0.15) is 63.0 Å². The van der Waals surface area contributed by atoms with Gasteiger partial charge in [0.25, 0.3) is 10.2 Å². The van der Waals surface area contributed by atoms with Crippen LogP contribution >= 0.6 is 0 Å². The van der Waals surface area contributed by atoms with Crippen LogP contribution < -0.4 is 4.74 Å². The smallest absolute Gasteiger partial charge is 0.282 e. The van der Waals surface area contributed by atoms with Gasteiger partial charge in [0, 0.05) is 19.6 Å². The number of nitrogens with zero attached hydrogens (tertiary/aromatic N) is 2. The van der Waals surface area contributed by atoms with Crippen LogP contribution in [0.3, 0.4) is 0 Å². The highest BCUT2D eigenvalue weighted by Gasteiger charge is 2.36. The Balaban J connectivity index is 1.88. The molecule has 0 saturated carbocycles. The third-order valence-corrected chi connectivity index (χ3v) is 7.44. The molecule has 0 radical (unpaired) electrons. The maximum Gasteiger partial charge on any atom is 0.282 e. The predicted molar refractivity (Wildman–Crippen MR) is 99.9 cm³/mol. The molecule has 1 aromatic rings. The first-order valence-corrected chi connectivity index (χ1v) is 10.9. The van der Waals surface area contributed by atoms with Crippen molar-refractivity contribution in [3.8, 4) is 5.75 Å². The standard InChI is InChI=1S/C19H30N2O3S/c1-24-18-12-10-17(11-13-18)19-9-5-4-8-16-21(19)25(22,23)20-14-6-2-3-7-15-20/h10-13,19H,2-9,14-16H2,1H3/t19-/m0/s1. The highest BCUT2D eigenvalue weighted by Crippen LogP contribution is 2.34. The van der Waals surface area contributed by atoms with E-state index in [1.165, 1.54) is 0 Å². The minimum Gasteiger partial charge on any atom is -0.497 e. The van der Waals surface area contributed by atoms with Crippen LogP contribution in [0.15, 0.2) is 24.3 Å². The van der Waals surface area contributed by atoms with Crippen LogP contribution in [0, 0.1) is 0 Å². The summed E-state index contributed by atoms with van der Waals surface area (Å²) < 4.78 is 35.5. The molecule has 5 nitrogen and oxygen atoms in total. The molecular weight excluding hydrogens is 336 g/mol. The molecule has 2 aliphatic rings. The maximum absolute atomic E-state index is 13.4. The van der Waals surface area contributed by atoms with Crippen molar-refractivity contribution in [3.05, 3.63) is 29.8 Å². The van der Waals surface area contributed by atoms with Crippen molar-refractivity contribution < 1.29 is 13.2 Å². The van der Waals surface area contributed by atoms with Gasteiger partial charge >= 0.3 is 0 Å². The van der Waals surface area contributed by atoms with E-state index in [4.69, 9.17) is 4.74 Å². The molecular formula is C19H30N2O3S. The van der Waals surface area contributed by atoms with E-state index in [0.717, 1.165) is 62.7 Å². The Morgan fingerprint density at radius 3 is 2.12 bits per heavy atom. The van der Waals surface area contributed by atoms with Gasteiger partial charge in [-0.25, -0.2) is 0 Å². The molecule has 2 heterocycles. The number of rotatable bonds is 4. The van der Waals surface area contributed by atoms with Gasteiger partial charge in [-0.3, -0.25) is 0 Å². The van der Waals surface area contributed by atoms with E-state index in [-0.39, 0.29) is 6.04 Å². The molecule has 140 valence electrons. The van der Waals surface area contributed by atoms with Crippen LogP contribution in [-0.2, 0) is 10.2 Å². The molecule has 1 aromatic carbocycles. The van der Waals surface area contributed by atoms with E-state index in [1.807, 2.05) is 24.3 Å². The Morgan fingerprint density at radius 1 is 0.880 bits per heavy atom. The molecule has 0 N–H and O–H groups in total. The van der Waals surface area contributed by atoms with Crippen LogP contribution in [-0.4, -0.2) is 43.8 Å². The summed E-state index contributed by atoms with van der Waals surface area (Å²) in [7, 11) is -1.76. The van der Waals surface area contributed by atoms with Crippen LogP contribution in [0.4, 0.5) is 0 Å². The second kappa shape index (κ2) is 8.52. The van der Waals surface area contributed by atoms with Gasteiger partial charge in [0.15, 0.2) is 0 Å². The summed E-state index contributed by atoms with van der Waals surface area (Å²) in [6.45, 7) is 1.94. The summed E-state index contributed by atoms with van der Waals surface area (Å²) in [4.78, 5) is 0. The van der Waals surface area contributed by atoms with Crippen LogP contribution in [0.2, 0.25) is 0 Å². The van der Waals surface area contributed by atoms with Crippen molar-refractivity contribution in [1.29, 1.82) is 0 Å². The molecule has 2 saturated heterocycles. The summed E-state index contributed by atoms with van der Waals surface area (Å²) in [5.74, 6) is 0.805. The molecule has 0 aliphatic carbocycles. The van der Waals surface area contributed by atoms with E-state index in [9.17, 15) is 8.42 Å². The largest absolute Gasteiger partial charge is 0.497 e. The van der Waals surface area contributed by atoms with E-state index < -0.39 is 10.2 Å².